The number of aromatic nitrogens is 3. The fraction of sp³-hybridized carbons (Fsp3) is 0.238. The van der Waals surface area contributed by atoms with Crippen LogP contribution in [0.1, 0.15) is 0 Å². The molecule has 0 radical (unpaired) electrons. The number of H-pyrrole nitrogens is 1. The zero-order chi connectivity index (χ0) is 17.5. The van der Waals surface area contributed by atoms with Crippen molar-refractivity contribution in [1.29, 1.82) is 0 Å². The molecule has 1 aromatic carbocycles. The Morgan fingerprint density at radius 3 is 2.77 bits per heavy atom. The van der Waals surface area contributed by atoms with Gasteiger partial charge in [0.1, 0.15) is 5.65 Å². The second-order valence-electron chi connectivity index (χ2n) is 6.99. The molecule has 1 fully saturated rings. The molecule has 5 nitrogen and oxygen atoms in total. The summed E-state index contributed by atoms with van der Waals surface area (Å²) in [6.45, 7) is 4.28. The van der Waals surface area contributed by atoms with Crippen molar-refractivity contribution < 1.29 is 0 Å². The quantitative estimate of drug-likeness (QED) is 0.605. The van der Waals surface area contributed by atoms with E-state index in [0.29, 0.717) is 0 Å². The van der Waals surface area contributed by atoms with Crippen LogP contribution in [0.2, 0.25) is 0 Å². The smallest absolute Gasteiger partial charge is 0.138 e. The van der Waals surface area contributed by atoms with Crippen molar-refractivity contribution in [3.8, 4) is 11.1 Å². The van der Waals surface area contributed by atoms with Gasteiger partial charge in [-0.05, 0) is 36.9 Å². The van der Waals surface area contributed by atoms with Crippen LogP contribution in [-0.4, -0.2) is 53.1 Å². The zero-order valence-corrected chi connectivity index (χ0v) is 14.8. The summed E-state index contributed by atoms with van der Waals surface area (Å²) in [6, 6.07) is 12.8. The maximum atomic E-state index is 4.66. The predicted octanol–water partition coefficient (Wildman–Crippen LogP) is 3.53. The van der Waals surface area contributed by atoms with Crippen LogP contribution in [-0.2, 0) is 0 Å². The number of pyridine rings is 2. The van der Waals surface area contributed by atoms with Crippen LogP contribution < -0.4 is 4.90 Å². The van der Waals surface area contributed by atoms with Crippen molar-refractivity contribution >= 4 is 27.6 Å². The third kappa shape index (κ3) is 2.61. The van der Waals surface area contributed by atoms with Crippen LogP contribution in [0.15, 0.2) is 55.0 Å². The highest BCUT2D eigenvalue weighted by atomic mass is 15.2. The number of anilines is 1. The van der Waals surface area contributed by atoms with E-state index in [2.05, 4.69) is 68.3 Å². The van der Waals surface area contributed by atoms with E-state index in [9.17, 15) is 0 Å². The average molecular weight is 343 g/mol. The van der Waals surface area contributed by atoms with Gasteiger partial charge in [0, 0.05) is 54.9 Å². The highest BCUT2D eigenvalue weighted by Gasteiger charge is 2.16. The lowest BCUT2D eigenvalue weighted by atomic mass is 10.0. The van der Waals surface area contributed by atoms with E-state index in [4.69, 9.17) is 0 Å². The number of piperazine rings is 1. The summed E-state index contributed by atoms with van der Waals surface area (Å²) in [5.74, 6) is 0. The standard InChI is InChI=1S/C21H21N5/c1-25-7-9-26(10-8-25)17-12-18-19(14-24-21(18)23-13-17)15-4-5-20-16(11-15)3-2-6-22-20/h2-6,11-14H,7-10H2,1H3,(H,23,24). The summed E-state index contributed by atoms with van der Waals surface area (Å²) in [6.07, 6.45) is 5.88. The maximum absolute atomic E-state index is 4.66. The van der Waals surface area contributed by atoms with E-state index in [1.54, 1.807) is 0 Å². The first kappa shape index (κ1) is 15.3. The van der Waals surface area contributed by atoms with Crippen molar-refractivity contribution in [2.75, 3.05) is 38.1 Å². The monoisotopic (exact) mass is 343 g/mol. The summed E-state index contributed by atoms with van der Waals surface area (Å²) >= 11 is 0. The van der Waals surface area contributed by atoms with Crippen LogP contribution in [0.25, 0.3) is 33.1 Å². The minimum absolute atomic E-state index is 0.934. The molecule has 3 aromatic heterocycles. The van der Waals surface area contributed by atoms with E-state index >= 15 is 0 Å². The molecule has 1 aliphatic rings. The fourth-order valence-corrected chi connectivity index (χ4v) is 3.71. The molecule has 26 heavy (non-hydrogen) atoms. The number of benzene rings is 1. The van der Waals surface area contributed by atoms with Crippen LogP contribution in [0.3, 0.4) is 0 Å². The Morgan fingerprint density at radius 2 is 1.88 bits per heavy atom. The van der Waals surface area contributed by atoms with Crippen LogP contribution >= 0.6 is 0 Å². The Hall–Kier alpha value is -2.92. The van der Waals surface area contributed by atoms with Crippen molar-refractivity contribution in [3.05, 3.63) is 55.0 Å². The second-order valence-corrected chi connectivity index (χ2v) is 6.99. The van der Waals surface area contributed by atoms with Gasteiger partial charge in [0.15, 0.2) is 0 Å². The van der Waals surface area contributed by atoms with Crippen molar-refractivity contribution in [2.45, 2.75) is 0 Å². The molecule has 0 spiro atoms. The molecular weight excluding hydrogens is 322 g/mol. The van der Waals surface area contributed by atoms with Crippen molar-refractivity contribution in [3.63, 3.8) is 0 Å². The lowest BCUT2D eigenvalue weighted by Crippen LogP contribution is -2.44. The Balaban J connectivity index is 1.58. The van der Waals surface area contributed by atoms with Gasteiger partial charge in [0.2, 0.25) is 0 Å². The van der Waals surface area contributed by atoms with Gasteiger partial charge in [-0.3, -0.25) is 4.98 Å². The Labute approximate surface area is 152 Å². The summed E-state index contributed by atoms with van der Waals surface area (Å²) in [7, 11) is 2.18. The van der Waals surface area contributed by atoms with E-state index in [0.717, 1.165) is 42.7 Å². The van der Waals surface area contributed by atoms with Gasteiger partial charge in [-0.15, -0.1) is 0 Å². The first-order valence-electron chi connectivity index (χ1n) is 9.04. The van der Waals surface area contributed by atoms with E-state index in [-0.39, 0.29) is 0 Å². The third-order valence-electron chi connectivity index (χ3n) is 5.30. The number of rotatable bonds is 2. The number of fused-ring (bicyclic) bond motifs is 2. The van der Waals surface area contributed by atoms with E-state index in [1.807, 2.05) is 18.5 Å². The van der Waals surface area contributed by atoms with Gasteiger partial charge in [0.05, 0.1) is 17.4 Å². The van der Waals surface area contributed by atoms with E-state index in [1.165, 1.54) is 22.2 Å². The molecule has 0 aliphatic carbocycles. The molecule has 5 heteroatoms. The SMILES string of the molecule is CN1CCN(c2cnc3[nH]cc(-c4ccc5ncccc5c4)c3c2)CC1. The molecule has 4 heterocycles. The Morgan fingerprint density at radius 1 is 1.00 bits per heavy atom. The molecule has 1 aliphatic heterocycles. The van der Waals surface area contributed by atoms with Gasteiger partial charge in [-0.1, -0.05) is 12.1 Å². The minimum atomic E-state index is 0.934. The van der Waals surface area contributed by atoms with Gasteiger partial charge in [0.25, 0.3) is 0 Å². The molecule has 5 rings (SSSR count). The number of aromatic amines is 1. The number of likely N-dealkylation sites (N-methyl/N-ethyl adjacent to an activating group) is 1. The molecule has 130 valence electrons. The minimum Gasteiger partial charge on any atom is -0.368 e. The summed E-state index contributed by atoms with van der Waals surface area (Å²) in [5, 5.41) is 2.33. The molecule has 0 unspecified atom stereocenters. The van der Waals surface area contributed by atoms with Crippen LogP contribution in [0, 0.1) is 0 Å². The molecule has 0 saturated carbocycles. The molecule has 1 N–H and O–H groups in total. The van der Waals surface area contributed by atoms with Gasteiger partial charge in [-0.25, -0.2) is 4.98 Å². The first-order chi connectivity index (χ1) is 12.8. The van der Waals surface area contributed by atoms with Crippen LogP contribution in [0.5, 0.6) is 0 Å². The lowest BCUT2D eigenvalue weighted by molar-refractivity contribution is 0.313. The number of nitrogens with one attached hydrogen (secondary N) is 1. The molecular formula is C21H21N5. The third-order valence-corrected chi connectivity index (χ3v) is 5.30. The van der Waals surface area contributed by atoms with Gasteiger partial charge < -0.3 is 14.8 Å². The molecule has 1 saturated heterocycles. The Kier molecular flexibility index (Phi) is 3.60. The predicted molar refractivity (Wildman–Crippen MR) is 107 cm³/mol. The van der Waals surface area contributed by atoms with Crippen molar-refractivity contribution in [2.24, 2.45) is 0 Å². The van der Waals surface area contributed by atoms with Crippen LogP contribution in [0.4, 0.5) is 5.69 Å². The highest BCUT2D eigenvalue weighted by Crippen LogP contribution is 2.32. The molecule has 0 amide bonds. The molecule has 0 atom stereocenters. The first-order valence-corrected chi connectivity index (χ1v) is 9.04. The van der Waals surface area contributed by atoms with Gasteiger partial charge in [-0.2, -0.15) is 0 Å². The summed E-state index contributed by atoms with van der Waals surface area (Å²) in [5.41, 5.74) is 5.54. The largest absolute Gasteiger partial charge is 0.368 e. The lowest BCUT2D eigenvalue weighted by Gasteiger charge is -2.33. The highest BCUT2D eigenvalue weighted by molar-refractivity contribution is 5.97. The topological polar surface area (TPSA) is 48.0 Å². The van der Waals surface area contributed by atoms with Gasteiger partial charge >= 0.3 is 0 Å². The number of nitrogens with zero attached hydrogens (tertiary/aromatic N) is 4. The van der Waals surface area contributed by atoms with E-state index < -0.39 is 0 Å². The molecule has 4 aromatic rings. The average Bonchev–Trinajstić information content (AvgIpc) is 3.11. The molecule has 0 bridgehead atoms. The fourth-order valence-electron chi connectivity index (χ4n) is 3.71. The summed E-state index contributed by atoms with van der Waals surface area (Å²) < 4.78 is 0. The second kappa shape index (κ2) is 6.11. The Bertz CT molecular complexity index is 1080. The normalized spacial score (nSPS) is 15.8. The number of hydrogen-bond donors (Lipinski definition) is 1. The summed E-state index contributed by atoms with van der Waals surface area (Å²) in [4.78, 5) is 17.2. The zero-order valence-electron chi connectivity index (χ0n) is 14.8. The number of hydrogen-bond acceptors (Lipinski definition) is 4. The van der Waals surface area contributed by atoms with Crippen molar-refractivity contribution in [1.82, 2.24) is 19.9 Å². The maximum Gasteiger partial charge on any atom is 0.138 e.